The van der Waals surface area contributed by atoms with Gasteiger partial charge in [-0.15, -0.1) is 0 Å². The molecule has 0 bridgehead atoms. The van der Waals surface area contributed by atoms with Gasteiger partial charge in [-0.3, -0.25) is 0 Å². The summed E-state index contributed by atoms with van der Waals surface area (Å²) in [5, 5.41) is 31.4. The Morgan fingerprint density at radius 1 is 0.377 bits per heavy atom. The molecule has 0 fully saturated rings. The van der Waals surface area contributed by atoms with Gasteiger partial charge in [-0.1, -0.05) is 120 Å². The summed E-state index contributed by atoms with van der Waals surface area (Å²) < 4.78 is 6.73. The molecule has 0 saturated heterocycles. The molecular formula is C56H43N5. The number of aromatic nitrogens is 3. The summed E-state index contributed by atoms with van der Waals surface area (Å²) in [4.78, 5) is 0. The predicted molar refractivity (Wildman–Crippen MR) is 254 cm³/mol. The minimum absolute atomic E-state index is 0.0562. The molecule has 0 saturated carbocycles. The molecule has 292 valence electrons. The van der Waals surface area contributed by atoms with Crippen molar-refractivity contribution in [2.75, 3.05) is 0 Å². The summed E-state index contributed by atoms with van der Waals surface area (Å²) in [5.74, 6) is 0. The molecule has 61 heavy (non-hydrogen) atoms. The number of hydrogen-bond donors (Lipinski definition) is 0. The van der Waals surface area contributed by atoms with Crippen LogP contribution in [0, 0.1) is 22.7 Å². The van der Waals surface area contributed by atoms with Crippen molar-refractivity contribution in [1.29, 1.82) is 10.5 Å². The second kappa shape index (κ2) is 12.9. The topological polar surface area (TPSA) is 62.4 Å². The first-order chi connectivity index (χ1) is 29.4. The van der Waals surface area contributed by atoms with Crippen molar-refractivity contribution in [2.45, 2.75) is 52.4 Å². The summed E-state index contributed by atoms with van der Waals surface area (Å²) >= 11 is 0. The van der Waals surface area contributed by atoms with Gasteiger partial charge in [0.1, 0.15) is 12.1 Å². The Labute approximate surface area is 354 Å². The number of para-hydroxylation sites is 2. The van der Waals surface area contributed by atoms with Crippen LogP contribution in [0.4, 0.5) is 0 Å². The van der Waals surface area contributed by atoms with E-state index in [1.165, 1.54) is 21.9 Å². The van der Waals surface area contributed by atoms with Crippen LogP contribution in [-0.2, 0) is 10.8 Å². The lowest BCUT2D eigenvalue weighted by molar-refractivity contribution is 0.590. The summed E-state index contributed by atoms with van der Waals surface area (Å²) in [6, 6.07) is 59.1. The van der Waals surface area contributed by atoms with Gasteiger partial charge in [-0.2, -0.15) is 10.5 Å². The second-order valence-electron chi connectivity index (χ2n) is 18.5. The third kappa shape index (κ3) is 5.37. The molecule has 0 aliphatic heterocycles. The van der Waals surface area contributed by atoms with Crippen molar-refractivity contribution in [3.8, 4) is 29.2 Å². The standard InChI is InChI=1S/C56H43N5/c1-55(2,3)37-20-24-49-44(29-37)45-30-38(56(4,5)6)21-25-50(45)61(49)54-35(32-57)27-40(28-36(54)33-58)60-51-26-22-39(31-46(51)53-41-14-8-7-13-34(41)19-23-52(53)60)59-47-17-11-9-15-42(47)43-16-10-12-18-48(43)59/h7-31H,1-6H3. The smallest absolute Gasteiger partial charge is 0.101 e. The van der Waals surface area contributed by atoms with Gasteiger partial charge in [0.15, 0.2) is 0 Å². The van der Waals surface area contributed by atoms with Crippen molar-refractivity contribution in [1.82, 2.24) is 13.7 Å². The third-order valence-corrected chi connectivity index (χ3v) is 12.8. The van der Waals surface area contributed by atoms with Crippen molar-refractivity contribution in [3.05, 3.63) is 174 Å². The molecule has 0 N–H and O–H groups in total. The van der Waals surface area contributed by atoms with E-state index in [0.717, 1.165) is 76.8 Å². The average Bonchev–Trinajstić information content (AvgIpc) is 3.90. The van der Waals surface area contributed by atoms with E-state index < -0.39 is 0 Å². The molecule has 0 aliphatic rings. The molecule has 0 radical (unpaired) electrons. The molecular weight excluding hydrogens is 743 g/mol. The molecule has 5 heteroatoms. The zero-order valence-electron chi connectivity index (χ0n) is 35.2. The van der Waals surface area contributed by atoms with Gasteiger partial charge in [0, 0.05) is 43.7 Å². The SMILES string of the molecule is CC(C)(C)c1ccc2c(c1)c1cc(C(C)(C)C)ccc1n2-c1c(C#N)cc(-n2c3ccc(-n4c5ccccc5c5ccccc54)cc3c3c4ccccc4ccc32)cc1C#N. The zero-order valence-corrected chi connectivity index (χ0v) is 35.2. The van der Waals surface area contributed by atoms with Crippen LogP contribution in [0.2, 0.25) is 0 Å². The van der Waals surface area contributed by atoms with Gasteiger partial charge >= 0.3 is 0 Å². The van der Waals surface area contributed by atoms with Crippen LogP contribution < -0.4 is 0 Å². The van der Waals surface area contributed by atoms with E-state index in [1.54, 1.807) is 0 Å². The lowest BCUT2D eigenvalue weighted by Crippen LogP contribution is -2.10. The van der Waals surface area contributed by atoms with Crippen LogP contribution in [0.1, 0.15) is 63.8 Å². The number of nitriles is 2. The van der Waals surface area contributed by atoms with E-state index >= 15 is 0 Å². The maximum atomic E-state index is 11.1. The van der Waals surface area contributed by atoms with Gasteiger partial charge < -0.3 is 13.7 Å². The van der Waals surface area contributed by atoms with Gasteiger partial charge in [0.2, 0.25) is 0 Å². The van der Waals surface area contributed by atoms with Crippen LogP contribution in [0.3, 0.4) is 0 Å². The van der Waals surface area contributed by atoms with E-state index in [4.69, 9.17) is 0 Å². The van der Waals surface area contributed by atoms with Crippen molar-refractivity contribution >= 4 is 76.2 Å². The Morgan fingerprint density at radius 3 is 1.39 bits per heavy atom. The number of nitrogens with zero attached hydrogens (tertiary/aromatic N) is 5. The Bertz CT molecular complexity index is 3590. The van der Waals surface area contributed by atoms with Crippen LogP contribution in [0.5, 0.6) is 0 Å². The molecule has 0 aliphatic carbocycles. The Hall–Kier alpha value is -7.60. The molecule has 0 atom stereocenters. The average molecular weight is 786 g/mol. The summed E-state index contributed by atoms with van der Waals surface area (Å²) in [7, 11) is 0. The Kier molecular flexibility index (Phi) is 7.74. The van der Waals surface area contributed by atoms with Crippen LogP contribution in [0.15, 0.2) is 152 Å². The number of rotatable bonds is 3. The first-order valence-electron chi connectivity index (χ1n) is 21.0. The highest BCUT2D eigenvalue weighted by atomic mass is 15.0. The van der Waals surface area contributed by atoms with Crippen LogP contribution >= 0.6 is 0 Å². The molecule has 3 aromatic heterocycles. The summed E-state index contributed by atoms with van der Waals surface area (Å²) in [6.45, 7) is 13.4. The monoisotopic (exact) mass is 785 g/mol. The fourth-order valence-electron chi connectivity index (χ4n) is 9.75. The maximum Gasteiger partial charge on any atom is 0.101 e. The predicted octanol–water partition coefficient (Wildman–Crippen LogP) is 14.5. The van der Waals surface area contributed by atoms with E-state index in [2.05, 4.69) is 207 Å². The van der Waals surface area contributed by atoms with Gasteiger partial charge in [-0.05, 0) is 106 Å². The normalized spacial score (nSPS) is 12.4. The quantitative estimate of drug-likeness (QED) is 0.179. The molecule has 0 spiro atoms. The lowest BCUT2D eigenvalue weighted by atomic mass is 9.85. The molecule has 11 rings (SSSR count). The third-order valence-electron chi connectivity index (χ3n) is 12.8. The van der Waals surface area contributed by atoms with Crippen molar-refractivity contribution < 1.29 is 0 Å². The number of fused-ring (bicyclic) bond motifs is 11. The second-order valence-corrected chi connectivity index (χ2v) is 18.5. The van der Waals surface area contributed by atoms with Gasteiger partial charge in [-0.25, -0.2) is 0 Å². The van der Waals surface area contributed by atoms with Crippen molar-refractivity contribution in [2.24, 2.45) is 0 Å². The summed E-state index contributed by atoms with van der Waals surface area (Å²) in [6.07, 6.45) is 0. The minimum Gasteiger partial charge on any atom is -0.309 e. The first-order valence-corrected chi connectivity index (χ1v) is 21.0. The highest BCUT2D eigenvalue weighted by Gasteiger charge is 2.25. The molecule has 3 heterocycles. The molecule has 5 nitrogen and oxygen atoms in total. The van der Waals surface area contributed by atoms with E-state index in [0.29, 0.717) is 16.8 Å². The fourth-order valence-corrected chi connectivity index (χ4v) is 9.75. The minimum atomic E-state index is -0.0562. The highest BCUT2D eigenvalue weighted by molar-refractivity contribution is 6.22. The number of benzene rings is 8. The van der Waals surface area contributed by atoms with Crippen LogP contribution in [0.25, 0.3) is 93.3 Å². The van der Waals surface area contributed by atoms with E-state index in [9.17, 15) is 10.5 Å². The molecule has 11 aromatic rings. The fraction of sp³-hybridized carbons (Fsp3) is 0.143. The van der Waals surface area contributed by atoms with E-state index in [-0.39, 0.29) is 10.8 Å². The Morgan fingerprint density at radius 2 is 0.836 bits per heavy atom. The highest BCUT2D eigenvalue weighted by Crippen LogP contribution is 2.43. The lowest BCUT2D eigenvalue weighted by Gasteiger charge is -2.19. The Balaban J connectivity index is 1.20. The largest absolute Gasteiger partial charge is 0.309 e. The maximum absolute atomic E-state index is 11.1. The first kappa shape index (κ1) is 36.5. The molecule has 8 aromatic carbocycles. The van der Waals surface area contributed by atoms with Crippen LogP contribution in [-0.4, -0.2) is 13.7 Å². The molecule has 0 amide bonds. The molecule has 0 unspecified atom stereocenters. The van der Waals surface area contributed by atoms with E-state index in [1.807, 2.05) is 12.1 Å². The van der Waals surface area contributed by atoms with Crippen molar-refractivity contribution in [3.63, 3.8) is 0 Å². The van der Waals surface area contributed by atoms with Gasteiger partial charge in [0.05, 0.1) is 49.9 Å². The van der Waals surface area contributed by atoms with Gasteiger partial charge in [0.25, 0.3) is 0 Å². The summed E-state index contributed by atoms with van der Waals surface area (Å²) in [5.41, 5.74) is 11.9. The zero-order chi connectivity index (χ0) is 41.9. The number of hydrogen-bond acceptors (Lipinski definition) is 2.